The van der Waals surface area contributed by atoms with E-state index in [0.29, 0.717) is 38.5 Å². The van der Waals surface area contributed by atoms with Gasteiger partial charge in [0, 0.05) is 19.5 Å². The Hall–Kier alpha value is -2.04. The molecule has 0 aliphatic carbocycles. The average molecular weight is 360 g/mol. The van der Waals surface area contributed by atoms with Gasteiger partial charge in [-0.25, -0.2) is 0 Å². The molecule has 5 nitrogen and oxygen atoms in total. The predicted octanol–water partition coefficient (Wildman–Crippen LogP) is 3.17. The van der Waals surface area contributed by atoms with Crippen LogP contribution in [-0.4, -0.2) is 41.9 Å². The van der Waals surface area contributed by atoms with Crippen molar-refractivity contribution in [3.8, 4) is 5.75 Å². The Morgan fingerprint density at radius 3 is 2.62 bits per heavy atom. The number of benzene rings is 1. The zero-order valence-electron chi connectivity index (χ0n) is 16.5. The van der Waals surface area contributed by atoms with Crippen molar-refractivity contribution in [1.82, 2.24) is 10.2 Å². The van der Waals surface area contributed by atoms with Crippen LogP contribution in [0.2, 0.25) is 0 Å². The lowest BCUT2D eigenvalue weighted by Gasteiger charge is -2.34. The first-order valence-electron chi connectivity index (χ1n) is 9.67. The van der Waals surface area contributed by atoms with E-state index in [9.17, 15) is 9.59 Å². The van der Waals surface area contributed by atoms with E-state index in [1.54, 1.807) is 4.90 Å². The second kappa shape index (κ2) is 9.06. The summed E-state index contributed by atoms with van der Waals surface area (Å²) in [6.07, 6.45) is 2.70. The highest BCUT2D eigenvalue weighted by Crippen LogP contribution is 2.30. The number of likely N-dealkylation sites (tertiary alicyclic amines) is 1. The number of hydrogen-bond acceptors (Lipinski definition) is 3. The summed E-state index contributed by atoms with van der Waals surface area (Å²) in [4.78, 5) is 26.8. The summed E-state index contributed by atoms with van der Waals surface area (Å²) in [5, 5.41) is 3.02. The number of nitrogens with zero attached hydrogens (tertiary/aromatic N) is 1. The number of carbonyl (C=O) groups is 2. The molecule has 26 heavy (non-hydrogen) atoms. The lowest BCUT2D eigenvalue weighted by Crippen LogP contribution is -2.55. The van der Waals surface area contributed by atoms with Crippen LogP contribution in [0.1, 0.15) is 52.5 Å². The van der Waals surface area contributed by atoms with Gasteiger partial charge in [0.05, 0.1) is 6.61 Å². The first-order chi connectivity index (χ1) is 12.4. The molecule has 1 aromatic carbocycles. The number of ether oxygens (including phenoxy) is 1. The summed E-state index contributed by atoms with van der Waals surface area (Å²) in [6.45, 7) is 9.98. The molecule has 1 atom stereocenters. The molecule has 5 heteroatoms. The van der Waals surface area contributed by atoms with Crippen LogP contribution in [0.15, 0.2) is 24.3 Å². The van der Waals surface area contributed by atoms with Crippen molar-refractivity contribution in [3.63, 3.8) is 0 Å². The second-order valence-electron chi connectivity index (χ2n) is 7.58. The van der Waals surface area contributed by atoms with Crippen molar-refractivity contribution in [1.29, 1.82) is 0 Å². The van der Waals surface area contributed by atoms with Crippen molar-refractivity contribution in [2.24, 2.45) is 5.92 Å². The Labute approximate surface area is 157 Å². The third kappa shape index (κ3) is 4.99. The third-order valence-corrected chi connectivity index (χ3v) is 5.08. The first-order valence-corrected chi connectivity index (χ1v) is 9.67. The monoisotopic (exact) mass is 360 g/mol. The summed E-state index contributed by atoms with van der Waals surface area (Å²) >= 11 is 0. The van der Waals surface area contributed by atoms with E-state index in [2.05, 4.69) is 19.2 Å². The molecular weight excluding hydrogens is 328 g/mol. The average Bonchev–Trinajstić information content (AvgIpc) is 2.90. The van der Waals surface area contributed by atoms with Gasteiger partial charge in [-0.05, 0) is 56.7 Å². The number of hydrogen-bond donors (Lipinski definition) is 1. The van der Waals surface area contributed by atoms with Crippen molar-refractivity contribution in [3.05, 3.63) is 29.8 Å². The summed E-state index contributed by atoms with van der Waals surface area (Å²) in [5.41, 5.74) is 0.398. The van der Waals surface area contributed by atoms with Crippen LogP contribution in [0.4, 0.5) is 0 Å². The fraction of sp³-hybridized carbons (Fsp3) is 0.619. The molecule has 1 heterocycles. The molecule has 1 saturated heterocycles. The van der Waals surface area contributed by atoms with E-state index in [1.807, 2.05) is 38.1 Å². The van der Waals surface area contributed by atoms with Crippen LogP contribution in [0.5, 0.6) is 5.75 Å². The highest BCUT2D eigenvalue weighted by Gasteiger charge is 2.46. The second-order valence-corrected chi connectivity index (χ2v) is 7.58. The van der Waals surface area contributed by atoms with Crippen LogP contribution in [0.25, 0.3) is 0 Å². The van der Waals surface area contributed by atoms with E-state index >= 15 is 0 Å². The van der Waals surface area contributed by atoms with E-state index < -0.39 is 5.54 Å². The molecule has 2 rings (SSSR count). The Morgan fingerprint density at radius 1 is 1.31 bits per heavy atom. The van der Waals surface area contributed by atoms with E-state index in [-0.39, 0.29) is 11.8 Å². The molecule has 0 spiro atoms. The van der Waals surface area contributed by atoms with Crippen LogP contribution in [-0.2, 0) is 16.0 Å². The molecule has 0 bridgehead atoms. The Balaban J connectivity index is 1.96. The van der Waals surface area contributed by atoms with Gasteiger partial charge >= 0.3 is 0 Å². The zero-order valence-corrected chi connectivity index (χ0v) is 16.5. The maximum Gasteiger partial charge on any atom is 0.245 e. The Morgan fingerprint density at radius 2 is 2.00 bits per heavy atom. The molecule has 1 N–H and O–H groups in total. The van der Waals surface area contributed by atoms with Gasteiger partial charge < -0.3 is 15.0 Å². The summed E-state index contributed by atoms with van der Waals surface area (Å²) in [6, 6.07) is 7.93. The lowest BCUT2D eigenvalue weighted by atomic mass is 9.97. The third-order valence-electron chi connectivity index (χ3n) is 5.08. The summed E-state index contributed by atoms with van der Waals surface area (Å²) in [7, 11) is 0. The number of carbonyl (C=O) groups excluding carboxylic acids is 2. The minimum absolute atomic E-state index is 0.0318. The number of rotatable bonds is 9. The summed E-state index contributed by atoms with van der Waals surface area (Å²) in [5.74, 6) is 1.43. The van der Waals surface area contributed by atoms with Gasteiger partial charge in [-0.3, -0.25) is 9.59 Å². The molecule has 1 fully saturated rings. The van der Waals surface area contributed by atoms with E-state index in [1.165, 1.54) is 0 Å². The van der Waals surface area contributed by atoms with Gasteiger partial charge in [0.1, 0.15) is 11.3 Å². The topological polar surface area (TPSA) is 58.6 Å². The van der Waals surface area contributed by atoms with Crippen LogP contribution < -0.4 is 10.1 Å². The number of amides is 2. The van der Waals surface area contributed by atoms with Gasteiger partial charge in [-0.15, -0.1) is 0 Å². The Bertz CT molecular complexity index is 612. The van der Waals surface area contributed by atoms with Crippen LogP contribution >= 0.6 is 0 Å². The fourth-order valence-electron chi connectivity index (χ4n) is 3.33. The van der Waals surface area contributed by atoms with Gasteiger partial charge in [-0.1, -0.05) is 26.0 Å². The van der Waals surface area contributed by atoms with E-state index in [0.717, 1.165) is 24.2 Å². The molecule has 2 amide bonds. The zero-order chi connectivity index (χ0) is 19.2. The number of nitrogens with one attached hydrogen (secondary N) is 1. The fourth-order valence-corrected chi connectivity index (χ4v) is 3.33. The SMILES string of the molecule is CCOc1ccc(CCN2C(=O)CCC2(C)C(=O)NCCC(C)C)cc1. The van der Waals surface area contributed by atoms with Gasteiger partial charge in [0.2, 0.25) is 11.8 Å². The van der Waals surface area contributed by atoms with Gasteiger partial charge in [0.25, 0.3) is 0 Å². The maximum absolute atomic E-state index is 12.7. The Kier molecular flexibility index (Phi) is 7.06. The van der Waals surface area contributed by atoms with Crippen LogP contribution in [0, 0.1) is 5.92 Å². The normalized spacial score (nSPS) is 19.9. The van der Waals surface area contributed by atoms with Gasteiger partial charge in [-0.2, -0.15) is 0 Å². The highest BCUT2D eigenvalue weighted by molar-refractivity contribution is 5.94. The first kappa shape index (κ1) is 20.3. The summed E-state index contributed by atoms with van der Waals surface area (Å²) < 4.78 is 5.46. The molecule has 1 aliphatic heterocycles. The molecule has 0 aromatic heterocycles. The molecule has 0 radical (unpaired) electrons. The van der Waals surface area contributed by atoms with Crippen molar-refractivity contribution < 1.29 is 14.3 Å². The minimum Gasteiger partial charge on any atom is -0.494 e. The maximum atomic E-state index is 12.7. The molecule has 1 aliphatic rings. The van der Waals surface area contributed by atoms with Crippen LogP contribution in [0.3, 0.4) is 0 Å². The highest BCUT2D eigenvalue weighted by atomic mass is 16.5. The molecule has 1 unspecified atom stereocenters. The standard InChI is InChI=1S/C21H32N2O3/c1-5-26-18-8-6-17(7-9-18)12-15-23-19(24)10-13-21(23,4)20(25)22-14-11-16(2)3/h6-9,16H,5,10-15H2,1-4H3,(H,22,25). The van der Waals surface area contributed by atoms with E-state index in [4.69, 9.17) is 4.74 Å². The molecular formula is C21H32N2O3. The van der Waals surface area contributed by atoms with Crippen molar-refractivity contribution in [2.45, 2.75) is 58.9 Å². The largest absolute Gasteiger partial charge is 0.494 e. The predicted molar refractivity (Wildman–Crippen MR) is 103 cm³/mol. The smallest absolute Gasteiger partial charge is 0.245 e. The van der Waals surface area contributed by atoms with Gasteiger partial charge in [0.15, 0.2) is 0 Å². The minimum atomic E-state index is -0.737. The van der Waals surface area contributed by atoms with Crippen molar-refractivity contribution >= 4 is 11.8 Å². The lowest BCUT2D eigenvalue weighted by molar-refractivity contribution is -0.140. The van der Waals surface area contributed by atoms with Crippen molar-refractivity contribution in [2.75, 3.05) is 19.7 Å². The molecule has 0 saturated carbocycles. The molecule has 144 valence electrons. The molecule has 1 aromatic rings. The quantitative estimate of drug-likeness (QED) is 0.736.